The van der Waals surface area contributed by atoms with Crippen molar-refractivity contribution in [1.82, 2.24) is 4.98 Å². The van der Waals surface area contributed by atoms with Gasteiger partial charge in [0.1, 0.15) is 10.2 Å². The normalized spacial score (nSPS) is 12.8. The number of benzene rings is 1. The highest BCUT2D eigenvalue weighted by atomic mass is 35.5. The lowest BCUT2D eigenvalue weighted by Crippen LogP contribution is -2.27. The van der Waals surface area contributed by atoms with E-state index in [9.17, 15) is 17.8 Å². The van der Waals surface area contributed by atoms with Crippen molar-refractivity contribution in [1.29, 1.82) is 0 Å². The van der Waals surface area contributed by atoms with E-state index in [1.54, 1.807) is 0 Å². The van der Waals surface area contributed by atoms with Crippen LogP contribution < -0.4 is 16.0 Å². The molecule has 1 heterocycles. The van der Waals surface area contributed by atoms with Gasteiger partial charge in [0.25, 0.3) is 5.56 Å². The topological polar surface area (TPSA) is 151 Å². The highest BCUT2D eigenvalue weighted by molar-refractivity contribution is 7.89. The molecule has 0 bridgehead atoms. The molecule has 2 aromatic rings. The van der Waals surface area contributed by atoms with Gasteiger partial charge in [-0.25, -0.2) is 13.6 Å². The Morgan fingerprint density at radius 3 is 2.35 bits per heavy atom. The first kappa shape index (κ1) is 15.2. The van der Waals surface area contributed by atoms with Gasteiger partial charge < -0.3 is 14.8 Å². The molecule has 2 rings (SSSR count). The summed E-state index contributed by atoms with van der Waals surface area (Å²) >= 11 is 5.74. The van der Waals surface area contributed by atoms with Gasteiger partial charge in [0.15, 0.2) is 0 Å². The number of nitrogens with one attached hydrogen (secondary N) is 1. The zero-order valence-corrected chi connectivity index (χ0v) is 12.0. The van der Waals surface area contributed by atoms with E-state index >= 15 is 0 Å². The predicted molar refractivity (Wildman–Crippen MR) is 72.6 cm³/mol. The minimum absolute atomic E-state index is 0.0800. The van der Waals surface area contributed by atoms with Crippen LogP contribution >= 0.6 is 19.2 Å². The summed E-state index contributed by atoms with van der Waals surface area (Å²) in [6, 6.07) is 3.07. The summed E-state index contributed by atoms with van der Waals surface area (Å²) in [6.45, 7) is 0. The molecule has 1 aromatic carbocycles. The van der Waals surface area contributed by atoms with Crippen LogP contribution in [0.3, 0.4) is 0 Å². The fourth-order valence-corrected chi connectivity index (χ4v) is 3.37. The average molecular weight is 339 g/mol. The largest absolute Gasteiger partial charge is 0.361 e. The lowest BCUT2D eigenvalue weighted by molar-refractivity contribution is 0.387. The van der Waals surface area contributed by atoms with Crippen LogP contribution in [0.5, 0.6) is 0 Å². The number of primary sulfonamides is 1. The van der Waals surface area contributed by atoms with Crippen LogP contribution in [0.25, 0.3) is 10.9 Å². The first-order valence-electron chi connectivity index (χ1n) is 4.95. The number of sulfonamides is 1. The SMILES string of the molecule is NS(=O)(=O)c1cc2cc(P(=O)(O)O)c(=O)[nH]c2cc1Cl. The van der Waals surface area contributed by atoms with E-state index in [0.717, 1.165) is 18.2 Å². The van der Waals surface area contributed by atoms with Crippen molar-refractivity contribution in [2.75, 3.05) is 0 Å². The lowest BCUT2D eigenvalue weighted by atomic mass is 10.2. The Morgan fingerprint density at radius 2 is 1.85 bits per heavy atom. The van der Waals surface area contributed by atoms with Gasteiger partial charge in [-0.05, 0) is 18.2 Å². The van der Waals surface area contributed by atoms with Crippen molar-refractivity contribution in [3.63, 3.8) is 0 Å². The van der Waals surface area contributed by atoms with Crippen molar-refractivity contribution in [3.8, 4) is 0 Å². The molecule has 8 nitrogen and oxygen atoms in total. The summed E-state index contributed by atoms with van der Waals surface area (Å²) in [4.78, 5) is 31.4. The van der Waals surface area contributed by atoms with Crippen LogP contribution in [0, 0.1) is 0 Å². The van der Waals surface area contributed by atoms with Crippen molar-refractivity contribution in [2.45, 2.75) is 4.90 Å². The van der Waals surface area contributed by atoms with Crippen LogP contribution in [0.4, 0.5) is 0 Å². The van der Waals surface area contributed by atoms with Crippen LogP contribution in [-0.4, -0.2) is 23.2 Å². The van der Waals surface area contributed by atoms with Gasteiger partial charge in [0, 0.05) is 10.9 Å². The summed E-state index contributed by atoms with van der Waals surface area (Å²) in [5.41, 5.74) is -0.852. The number of H-pyrrole nitrogens is 1. The molecule has 0 saturated heterocycles. The van der Waals surface area contributed by atoms with E-state index in [1.165, 1.54) is 0 Å². The number of hydrogen-bond donors (Lipinski definition) is 4. The number of fused-ring (bicyclic) bond motifs is 1. The smallest absolute Gasteiger partial charge is 0.321 e. The number of halogens is 1. The lowest BCUT2D eigenvalue weighted by Gasteiger charge is -2.07. The zero-order chi connectivity index (χ0) is 15.3. The third kappa shape index (κ3) is 2.78. The van der Waals surface area contributed by atoms with Crippen LogP contribution in [-0.2, 0) is 14.6 Å². The Morgan fingerprint density at radius 1 is 1.25 bits per heavy atom. The Hall–Kier alpha value is -1.22. The number of pyridine rings is 1. The standard InChI is InChI=1S/C9H8ClN2O6PS/c10-5-3-6-4(2-8(5)20(11,17)18)1-7(9(13)12-6)19(14,15)16/h1-3H,(H,12,13)(H2,11,17,18)(H2,14,15,16). The fourth-order valence-electron chi connectivity index (χ4n) is 1.63. The molecule has 1 aromatic heterocycles. The summed E-state index contributed by atoms with van der Waals surface area (Å²) in [5, 5.41) is 4.07. The molecule has 0 aliphatic rings. The molecule has 0 atom stereocenters. The molecule has 0 amide bonds. The van der Waals surface area contributed by atoms with Gasteiger partial charge >= 0.3 is 7.60 Å². The Bertz CT molecular complexity index is 916. The maximum atomic E-state index is 11.5. The first-order valence-corrected chi connectivity index (χ1v) is 8.49. The number of hydrogen-bond acceptors (Lipinski definition) is 4. The maximum absolute atomic E-state index is 11.5. The quantitative estimate of drug-likeness (QED) is 0.548. The van der Waals surface area contributed by atoms with E-state index in [2.05, 4.69) is 4.98 Å². The van der Waals surface area contributed by atoms with Gasteiger partial charge in [0.2, 0.25) is 10.0 Å². The van der Waals surface area contributed by atoms with Crippen LogP contribution in [0.2, 0.25) is 5.02 Å². The number of aromatic amines is 1. The van der Waals surface area contributed by atoms with Crippen molar-refractivity contribution >= 4 is 45.4 Å². The monoisotopic (exact) mass is 338 g/mol. The minimum atomic E-state index is -4.79. The Balaban J connectivity index is 2.91. The van der Waals surface area contributed by atoms with E-state index < -0.39 is 33.4 Å². The van der Waals surface area contributed by atoms with Gasteiger partial charge in [-0.2, -0.15) is 0 Å². The van der Waals surface area contributed by atoms with E-state index in [1.807, 2.05) is 0 Å². The zero-order valence-electron chi connectivity index (χ0n) is 9.57. The Kier molecular flexibility index (Phi) is 3.53. The highest BCUT2D eigenvalue weighted by Crippen LogP contribution is 2.33. The molecule has 20 heavy (non-hydrogen) atoms. The second-order valence-corrected chi connectivity index (χ2v) is 7.45. The number of rotatable bonds is 2. The molecule has 0 aliphatic carbocycles. The van der Waals surface area contributed by atoms with Gasteiger partial charge in [-0.15, -0.1) is 0 Å². The highest BCUT2D eigenvalue weighted by Gasteiger charge is 2.23. The van der Waals surface area contributed by atoms with E-state index in [0.29, 0.717) is 0 Å². The van der Waals surface area contributed by atoms with Crippen LogP contribution in [0.1, 0.15) is 0 Å². The second-order valence-electron chi connectivity index (χ2n) is 3.94. The molecule has 0 radical (unpaired) electrons. The molecule has 0 unspecified atom stereocenters. The summed E-state index contributed by atoms with van der Waals surface area (Å²) in [6.07, 6.45) is 0. The van der Waals surface area contributed by atoms with Gasteiger partial charge in [0.05, 0.1) is 5.02 Å². The molecule has 0 aliphatic heterocycles. The summed E-state index contributed by atoms with van der Waals surface area (Å²) < 4.78 is 33.8. The van der Waals surface area contributed by atoms with Crippen LogP contribution in [0.15, 0.2) is 27.9 Å². The maximum Gasteiger partial charge on any atom is 0.361 e. The predicted octanol–water partition coefficient (Wildman–Crippen LogP) is -0.368. The molecule has 108 valence electrons. The number of nitrogens with two attached hydrogens (primary N) is 1. The van der Waals surface area contributed by atoms with Crippen molar-refractivity contribution in [3.05, 3.63) is 33.6 Å². The van der Waals surface area contributed by atoms with E-state index in [4.69, 9.17) is 26.5 Å². The molecular weight excluding hydrogens is 331 g/mol. The van der Waals surface area contributed by atoms with Gasteiger partial charge in [-0.1, -0.05) is 11.6 Å². The van der Waals surface area contributed by atoms with Crippen molar-refractivity contribution < 1.29 is 22.8 Å². The molecule has 0 fully saturated rings. The molecule has 0 saturated carbocycles. The summed E-state index contributed by atoms with van der Waals surface area (Å²) in [7, 11) is -8.89. The minimum Gasteiger partial charge on any atom is -0.321 e. The molecular formula is C9H8ClN2O6PS. The third-order valence-electron chi connectivity index (χ3n) is 2.50. The molecule has 11 heteroatoms. The Labute approximate surface area is 117 Å². The second kappa shape index (κ2) is 4.66. The molecule has 0 spiro atoms. The average Bonchev–Trinajstić information content (AvgIpc) is 2.24. The molecule has 5 N–H and O–H groups in total. The fraction of sp³-hybridized carbons (Fsp3) is 0. The van der Waals surface area contributed by atoms with E-state index in [-0.39, 0.29) is 15.9 Å². The van der Waals surface area contributed by atoms with Gasteiger partial charge in [-0.3, -0.25) is 9.36 Å². The first-order chi connectivity index (χ1) is 9.00. The third-order valence-corrected chi connectivity index (χ3v) is 4.83. The number of aromatic nitrogens is 1. The summed E-state index contributed by atoms with van der Waals surface area (Å²) in [5.74, 6) is 0. The van der Waals surface area contributed by atoms with Crippen molar-refractivity contribution in [2.24, 2.45) is 5.14 Å².